The van der Waals surface area contributed by atoms with Crippen LogP contribution in [0, 0.1) is 0 Å². The largest absolute Gasteiger partial charge is 0.481 e. The Morgan fingerprint density at radius 1 is 1.34 bits per heavy atom. The van der Waals surface area contributed by atoms with Crippen LogP contribution < -0.4 is 10.1 Å². The van der Waals surface area contributed by atoms with E-state index in [0.717, 1.165) is 11.1 Å². The lowest BCUT2D eigenvalue weighted by atomic mass is 10.0. The van der Waals surface area contributed by atoms with Gasteiger partial charge in [0, 0.05) is 31.1 Å². The van der Waals surface area contributed by atoms with Gasteiger partial charge in [0.1, 0.15) is 0 Å². The van der Waals surface area contributed by atoms with E-state index in [1.165, 1.54) is 6.20 Å². The second-order valence-electron chi connectivity index (χ2n) is 6.41. The Bertz CT molecular complexity index is 1090. The summed E-state index contributed by atoms with van der Waals surface area (Å²) in [5.74, 6) is 0.643. The zero-order valence-corrected chi connectivity index (χ0v) is 16.7. The molecule has 8 nitrogen and oxygen atoms in total. The zero-order valence-electron chi connectivity index (χ0n) is 15.9. The fraction of sp³-hybridized carbons (Fsp3) is 0.200. The van der Waals surface area contributed by atoms with E-state index in [2.05, 4.69) is 25.9 Å². The monoisotopic (exact) mass is 409 g/mol. The quantitative estimate of drug-likeness (QED) is 0.503. The minimum Gasteiger partial charge on any atom is -0.481 e. The van der Waals surface area contributed by atoms with E-state index in [1.807, 2.05) is 23.6 Å². The van der Waals surface area contributed by atoms with E-state index in [4.69, 9.17) is 9.26 Å². The van der Waals surface area contributed by atoms with Crippen LogP contribution in [0.3, 0.4) is 0 Å². The van der Waals surface area contributed by atoms with Crippen LogP contribution in [0.25, 0.3) is 11.3 Å². The summed E-state index contributed by atoms with van der Waals surface area (Å²) in [6.07, 6.45) is 5.52. The molecule has 0 saturated carbocycles. The van der Waals surface area contributed by atoms with Crippen LogP contribution in [0.2, 0.25) is 0 Å². The number of hydrogen-bond donors (Lipinski definition) is 1. The van der Waals surface area contributed by atoms with Crippen LogP contribution in [0.4, 0.5) is 0 Å². The van der Waals surface area contributed by atoms with Gasteiger partial charge in [-0.3, -0.25) is 9.48 Å². The summed E-state index contributed by atoms with van der Waals surface area (Å²) in [5.41, 5.74) is 2.76. The topological polar surface area (TPSA) is 95.1 Å². The number of carbonyl (C=O) groups excluding carboxylic acids is 1. The van der Waals surface area contributed by atoms with Gasteiger partial charge >= 0.3 is 0 Å². The van der Waals surface area contributed by atoms with Crippen LogP contribution >= 0.6 is 11.3 Å². The highest BCUT2D eigenvalue weighted by atomic mass is 32.1. The number of nitrogens with zero attached hydrogens (tertiary/aromatic N) is 4. The molecule has 0 aliphatic heterocycles. The average molecular weight is 409 g/mol. The molecule has 0 radical (unpaired) electrons. The van der Waals surface area contributed by atoms with Gasteiger partial charge in [0.25, 0.3) is 5.91 Å². The number of nitrogens with one attached hydrogen (secondary N) is 1. The number of hydrogen-bond acceptors (Lipinski definition) is 7. The molecule has 4 aromatic heterocycles. The lowest BCUT2D eigenvalue weighted by molar-refractivity contribution is 0.0930. The fourth-order valence-corrected chi connectivity index (χ4v) is 3.82. The van der Waals surface area contributed by atoms with Crippen molar-refractivity contribution in [3.05, 3.63) is 70.4 Å². The second-order valence-corrected chi connectivity index (χ2v) is 7.19. The third kappa shape index (κ3) is 4.04. The van der Waals surface area contributed by atoms with Gasteiger partial charge in [-0.25, -0.2) is 4.98 Å². The number of ether oxygens (including phenoxy) is 1. The Balaban J connectivity index is 1.67. The highest BCUT2D eigenvalue weighted by Gasteiger charge is 2.25. The number of aromatic nitrogens is 4. The summed E-state index contributed by atoms with van der Waals surface area (Å²) in [5, 5.41) is 15.2. The molecule has 4 rings (SSSR count). The first kappa shape index (κ1) is 18.9. The molecule has 0 aromatic carbocycles. The molecule has 0 aliphatic carbocycles. The molecular weight excluding hydrogens is 390 g/mol. The van der Waals surface area contributed by atoms with Crippen molar-refractivity contribution >= 4 is 17.2 Å². The summed E-state index contributed by atoms with van der Waals surface area (Å²) >= 11 is 1.61. The molecule has 148 valence electrons. The molecule has 9 heteroatoms. The molecule has 0 saturated heterocycles. The first-order valence-electron chi connectivity index (χ1n) is 8.91. The highest BCUT2D eigenvalue weighted by molar-refractivity contribution is 7.07. The average Bonchev–Trinajstić information content (AvgIpc) is 3.49. The molecule has 4 heterocycles. The summed E-state index contributed by atoms with van der Waals surface area (Å²) in [6.45, 7) is 0. The van der Waals surface area contributed by atoms with E-state index in [-0.39, 0.29) is 17.6 Å². The first-order valence-corrected chi connectivity index (χ1v) is 9.85. The minimum atomic E-state index is -0.342. The summed E-state index contributed by atoms with van der Waals surface area (Å²) < 4.78 is 12.2. The highest BCUT2D eigenvalue weighted by Crippen LogP contribution is 2.28. The maximum atomic E-state index is 13.2. The number of amides is 1. The Morgan fingerprint density at radius 3 is 2.97 bits per heavy atom. The third-order valence-electron chi connectivity index (χ3n) is 4.44. The lowest BCUT2D eigenvalue weighted by Gasteiger charge is -2.20. The summed E-state index contributed by atoms with van der Waals surface area (Å²) in [4.78, 5) is 17.5. The van der Waals surface area contributed by atoms with Crippen molar-refractivity contribution < 1.29 is 14.1 Å². The molecule has 1 amide bonds. The SMILES string of the molecule is COc1ncccc1[C@H](Cc1ccsc1)NC(=O)c1nn(C)cc1-c1ccno1. The van der Waals surface area contributed by atoms with E-state index in [1.54, 1.807) is 48.6 Å². The lowest BCUT2D eigenvalue weighted by Crippen LogP contribution is -2.31. The number of carbonyl (C=O) groups is 1. The van der Waals surface area contributed by atoms with Crippen LogP contribution in [0.5, 0.6) is 5.88 Å². The Hall–Kier alpha value is -3.46. The van der Waals surface area contributed by atoms with Gasteiger partial charge in [-0.15, -0.1) is 0 Å². The van der Waals surface area contributed by atoms with Crippen molar-refractivity contribution in [1.29, 1.82) is 0 Å². The zero-order chi connectivity index (χ0) is 20.2. The maximum Gasteiger partial charge on any atom is 0.273 e. The predicted molar refractivity (Wildman–Crippen MR) is 108 cm³/mol. The molecule has 0 aliphatic rings. The number of aryl methyl sites for hydroxylation is 1. The predicted octanol–water partition coefficient (Wildman–Crippen LogP) is 3.25. The van der Waals surface area contributed by atoms with Crippen LogP contribution in [0.15, 0.2) is 58.1 Å². The molecular formula is C20H19N5O3S. The van der Waals surface area contributed by atoms with Gasteiger partial charge in [0.2, 0.25) is 5.88 Å². The molecule has 0 spiro atoms. The molecule has 0 bridgehead atoms. The van der Waals surface area contributed by atoms with E-state index in [0.29, 0.717) is 23.6 Å². The van der Waals surface area contributed by atoms with Gasteiger partial charge in [0.15, 0.2) is 11.5 Å². The second kappa shape index (κ2) is 8.27. The summed E-state index contributed by atoms with van der Waals surface area (Å²) in [7, 11) is 3.32. The number of pyridine rings is 1. The third-order valence-corrected chi connectivity index (χ3v) is 5.17. The van der Waals surface area contributed by atoms with Crippen molar-refractivity contribution in [3.63, 3.8) is 0 Å². The fourth-order valence-electron chi connectivity index (χ4n) is 3.14. The first-order chi connectivity index (χ1) is 14.2. The van der Waals surface area contributed by atoms with Crippen LogP contribution in [0.1, 0.15) is 27.7 Å². The van der Waals surface area contributed by atoms with Crippen molar-refractivity contribution in [1.82, 2.24) is 25.2 Å². The van der Waals surface area contributed by atoms with Crippen molar-refractivity contribution in [3.8, 4) is 17.2 Å². The molecule has 0 fully saturated rings. The van der Waals surface area contributed by atoms with Gasteiger partial charge in [-0.2, -0.15) is 16.4 Å². The van der Waals surface area contributed by atoms with E-state index in [9.17, 15) is 4.79 Å². The Labute approximate surface area is 171 Å². The van der Waals surface area contributed by atoms with Crippen molar-refractivity contribution in [2.75, 3.05) is 7.11 Å². The van der Waals surface area contributed by atoms with E-state index >= 15 is 0 Å². The van der Waals surface area contributed by atoms with Gasteiger partial charge in [0.05, 0.1) is 24.9 Å². The minimum absolute atomic E-state index is 0.266. The smallest absolute Gasteiger partial charge is 0.273 e. The van der Waals surface area contributed by atoms with Gasteiger partial charge < -0.3 is 14.6 Å². The number of thiophene rings is 1. The molecule has 29 heavy (non-hydrogen) atoms. The normalized spacial score (nSPS) is 11.9. The number of rotatable bonds is 7. The Morgan fingerprint density at radius 2 is 2.24 bits per heavy atom. The maximum absolute atomic E-state index is 13.2. The van der Waals surface area contributed by atoms with Crippen LogP contribution in [-0.4, -0.2) is 32.9 Å². The van der Waals surface area contributed by atoms with E-state index < -0.39 is 0 Å². The molecule has 0 unspecified atom stereocenters. The summed E-state index contributed by atoms with van der Waals surface area (Å²) in [6, 6.07) is 7.11. The van der Waals surface area contributed by atoms with Gasteiger partial charge in [-0.05, 0) is 34.9 Å². The van der Waals surface area contributed by atoms with Crippen molar-refractivity contribution in [2.45, 2.75) is 12.5 Å². The van der Waals surface area contributed by atoms with Crippen LogP contribution in [-0.2, 0) is 13.5 Å². The number of methoxy groups -OCH3 is 1. The Kier molecular flexibility index (Phi) is 5.39. The standard InChI is InChI=1S/C20H19N5O3S/c1-25-11-15(17-5-8-22-28-17)18(24-25)19(26)23-16(10-13-6-9-29-12-13)14-4-3-7-21-20(14)27-2/h3-9,11-12,16H,10H2,1-2H3,(H,23,26)/t16-/m0/s1. The molecule has 1 N–H and O–H groups in total. The van der Waals surface area contributed by atoms with Crippen molar-refractivity contribution in [2.24, 2.45) is 7.05 Å². The molecule has 4 aromatic rings. The van der Waals surface area contributed by atoms with Gasteiger partial charge in [-0.1, -0.05) is 11.2 Å². The molecule has 1 atom stereocenters.